The molecule has 2 amide bonds. The standard InChI is InChI=1S/C16H16N2O4/c17-15(19)11-5-1-3-7-13(11)21-9-10-22-14-8-4-2-6-12(14)16(18)20/h1-8H,9-10H2,(H2,17,19)(H2,18,20). The predicted octanol–water partition coefficient (Wildman–Crippen LogP) is 1.34. The Morgan fingerprint density at radius 1 is 0.727 bits per heavy atom. The van der Waals surface area contributed by atoms with Crippen LogP contribution in [0, 0.1) is 0 Å². The van der Waals surface area contributed by atoms with Gasteiger partial charge < -0.3 is 20.9 Å². The molecule has 0 saturated heterocycles. The topological polar surface area (TPSA) is 105 Å². The van der Waals surface area contributed by atoms with E-state index < -0.39 is 11.8 Å². The Morgan fingerprint density at radius 3 is 1.45 bits per heavy atom. The second kappa shape index (κ2) is 7.12. The highest BCUT2D eigenvalue weighted by molar-refractivity contribution is 5.96. The quantitative estimate of drug-likeness (QED) is 0.753. The van der Waals surface area contributed by atoms with Gasteiger partial charge in [-0.25, -0.2) is 0 Å². The van der Waals surface area contributed by atoms with Crippen molar-refractivity contribution in [1.82, 2.24) is 0 Å². The highest BCUT2D eigenvalue weighted by atomic mass is 16.5. The van der Waals surface area contributed by atoms with Gasteiger partial charge in [0.2, 0.25) is 0 Å². The van der Waals surface area contributed by atoms with Crippen LogP contribution in [-0.4, -0.2) is 25.0 Å². The Bertz CT molecular complexity index is 626. The maximum Gasteiger partial charge on any atom is 0.252 e. The highest BCUT2D eigenvalue weighted by Gasteiger charge is 2.10. The van der Waals surface area contributed by atoms with E-state index in [-0.39, 0.29) is 13.2 Å². The van der Waals surface area contributed by atoms with Gasteiger partial charge in [0.15, 0.2) is 0 Å². The first-order valence-electron chi connectivity index (χ1n) is 6.63. The molecular weight excluding hydrogens is 284 g/mol. The summed E-state index contributed by atoms with van der Waals surface area (Å²) < 4.78 is 11.0. The number of amides is 2. The average Bonchev–Trinajstić information content (AvgIpc) is 2.52. The molecule has 0 aliphatic carbocycles. The van der Waals surface area contributed by atoms with Gasteiger partial charge in [0.25, 0.3) is 11.8 Å². The summed E-state index contributed by atoms with van der Waals surface area (Å²) in [6, 6.07) is 13.4. The van der Waals surface area contributed by atoms with Gasteiger partial charge in [-0.05, 0) is 24.3 Å². The van der Waals surface area contributed by atoms with Crippen LogP contribution >= 0.6 is 0 Å². The monoisotopic (exact) mass is 300 g/mol. The summed E-state index contributed by atoms with van der Waals surface area (Å²) in [5, 5.41) is 0. The number of carbonyl (C=O) groups is 2. The molecule has 0 aliphatic heterocycles. The van der Waals surface area contributed by atoms with Crippen LogP contribution in [-0.2, 0) is 0 Å². The summed E-state index contributed by atoms with van der Waals surface area (Å²) in [6.45, 7) is 0.384. The minimum Gasteiger partial charge on any atom is -0.489 e. The summed E-state index contributed by atoms with van der Waals surface area (Å²) in [7, 11) is 0. The van der Waals surface area contributed by atoms with Gasteiger partial charge in [-0.1, -0.05) is 24.3 Å². The predicted molar refractivity (Wildman–Crippen MR) is 80.9 cm³/mol. The van der Waals surface area contributed by atoms with E-state index in [1.54, 1.807) is 48.5 Å². The van der Waals surface area contributed by atoms with Crippen LogP contribution in [0.1, 0.15) is 20.7 Å². The van der Waals surface area contributed by atoms with Crippen molar-refractivity contribution in [3.63, 3.8) is 0 Å². The fraction of sp³-hybridized carbons (Fsp3) is 0.125. The van der Waals surface area contributed by atoms with Gasteiger partial charge in [-0.2, -0.15) is 0 Å². The Morgan fingerprint density at radius 2 is 1.09 bits per heavy atom. The maximum absolute atomic E-state index is 11.3. The smallest absolute Gasteiger partial charge is 0.252 e. The molecule has 2 rings (SSSR count). The minimum atomic E-state index is -0.560. The lowest BCUT2D eigenvalue weighted by molar-refractivity contribution is 0.0983. The first kappa shape index (κ1) is 15.4. The number of para-hydroxylation sites is 2. The fourth-order valence-corrected chi connectivity index (χ4v) is 1.90. The lowest BCUT2D eigenvalue weighted by Crippen LogP contribution is -2.17. The van der Waals surface area contributed by atoms with Crippen LogP contribution < -0.4 is 20.9 Å². The van der Waals surface area contributed by atoms with Crippen molar-refractivity contribution in [3.8, 4) is 11.5 Å². The van der Waals surface area contributed by atoms with E-state index in [0.717, 1.165) is 0 Å². The third-order valence-electron chi connectivity index (χ3n) is 2.90. The molecule has 0 saturated carbocycles. The Kier molecular flexibility index (Phi) is 4.98. The minimum absolute atomic E-state index is 0.192. The summed E-state index contributed by atoms with van der Waals surface area (Å²) in [5.41, 5.74) is 11.1. The number of nitrogens with two attached hydrogens (primary N) is 2. The SMILES string of the molecule is NC(=O)c1ccccc1OCCOc1ccccc1C(N)=O. The van der Waals surface area contributed by atoms with Crippen LogP contribution in [0.4, 0.5) is 0 Å². The molecule has 0 bridgehead atoms. The second-order valence-electron chi connectivity index (χ2n) is 4.42. The average molecular weight is 300 g/mol. The summed E-state index contributed by atoms with van der Waals surface area (Å²) in [6.07, 6.45) is 0. The molecule has 2 aromatic rings. The molecule has 22 heavy (non-hydrogen) atoms. The first-order chi connectivity index (χ1) is 10.6. The van der Waals surface area contributed by atoms with Crippen LogP contribution in [0.3, 0.4) is 0 Å². The van der Waals surface area contributed by atoms with Gasteiger partial charge in [0, 0.05) is 0 Å². The number of primary amides is 2. The zero-order valence-electron chi connectivity index (χ0n) is 11.8. The molecule has 0 fully saturated rings. The molecule has 0 radical (unpaired) electrons. The fourth-order valence-electron chi connectivity index (χ4n) is 1.90. The Labute approximate surface area is 127 Å². The number of carbonyl (C=O) groups excluding carboxylic acids is 2. The molecule has 0 spiro atoms. The van der Waals surface area contributed by atoms with Crippen LogP contribution in [0.2, 0.25) is 0 Å². The third-order valence-corrected chi connectivity index (χ3v) is 2.90. The summed E-state index contributed by atoms with van der Waals surface area (Å²) >= 11 is 0. The molecule has 6 heteroatoms. The number of hydrogen-bond acceptors (Lipinski definition) is 4. The van der Waals surface area contributed by atoms with Gasteiger partial charge in [-0.3, -0.25) is 9.59 Å². The van der Waals surface area contributed by atoms with E-state index in [1.165, 1.54) is 0 Å². The molecule has 0 heterocycles. The lowest BCUT2D eigenvalue weighted by Gasteiger charge is -2.11. The number of hydrogen-bond donors (Lipinski definition) is 2. The van der Waals surface area contributed by atoms with E-state index in [9.17, 15) is 9.59 Å². The largest absolute Gasteiger partial charge is 0.489 e. The Balaban J connectivity index is 1.93. The lowest BCUT2D eigenvalue weighted by atomic mass is 10.2. The summed E-state index contributed by atoms with van der Waals surface area (Å²) in [5.74, 6) is -0.338. The van der Waals surface area contributed by atoms with E-state index in [0.29, 0.717) is 22.6 Å². The van der Waals surface area contributed by atoms with Gasteiger partial charge in [0.05, 0.1) is 11.1 Å². The zero-order chi connectivity index (χ0) is 15.9. The molecule has 0 unspecified atom stereocenters. The van der Waals surface area contributed by atoms with E-state index in [1.807, 2.05) is 0 Å². The Hall–Kier alpha value is -3.02. The third kappa shape index (κ3) is 3.76. The van der Waals surface area contributed by atoms with Crippen molar-refractivity contribution in [2.24, 2.45) is 11.5 Å². The summed E-state index contributed by atoms with van der Waals surface area (Å²) in [4.78, 5) is 22.5. The normalized spacial score (nSPS) is 10.0. The van der Waals surface area contributed by atoms with Gasteiger partial charge in [0.1, 0.15) is 24.7 Å². The van der Waals surface area contributed by atoms with Crippen molar-refractivity contribution in [2.75, 3.05) is 13.2 Å². The van der Waals surface area contributed by atoms with Crippen molar-refractivity contribution < 1.29 is 19.1 Å². The maximum atomic E-state index is 11.3. The molecule has 2 aromatic carbocycles. The second-order valence-corrected chi connectivity index (χ2v) is 4.42. The molecule has 114 valence electrons. The highest BCUT2D eigenvalue weighted by Crippen LogP contribution is 2.19. The van der Waals surface area contributed by atoms with Crippen LogP contribution in [0.25, 0.3) is 0 Å². The molecular formula is C16H16N2O4. The van der Waals surface area contributed by atoms with E-state index >= 15 is 0 Å². The molecule has 4 N–H and O–H groups in total. The zero-order valence-corrected chi connectivity index (χ0v) is 11.8. The van der Waals surface area contributed by atoms with Gasteiger partial charge in [-0.15, -0.1) is 0 Å². The molecule has 0 atom stereocenters. The van der Waals surface area contributed by atoms with E-state index in [4.69, 9.17) is 20.9 Å². The van der Waals surface area contributed by atoms with Crippen molar-refractivity contribution >= 4 is 11.8 Å². The number of benzene rings is 2. The van der Waals surface area contributed by atoms with Gasteiger partial charge >= 0.3 is 0 Å². The molecule has 6 nitrogen and oxygen atoms in total. The number of ether oxygens (including phenoxy) is 2. The van der Waals surface area contributed by atoms with Crippen LogP contribution in [0.15, 0.2) is 48.5 Å². The molecule has 0 aromatic heterocycles. The van der Waals surface area contributed by atoms with Crippen molar-refractivity contribution in [3.05, 3.63) is 59.7 Å². The first-order valence-corrected chi connectivity index (χ1v) is 6.63. The van der Waals surface area contributed by atoms with Crippen molar-refractivity contribution in [1.29, 1.82) is 0 Å². The molecule has 0 aliphatic rings. The van der Waals surface area contributed by atoms with Crippen LogP contribution in [0.5, 0.6) is 11.5 Å². The van der Waals surface area contributed by atoms with Crippen molar-refractivity contribution in [2.45, 2.75) is 0 Å². The number of rotatable bonds is 7. The van der Waals surface area contributed by atoms with E-state index in [2.05, 4.69) is 0 Å².